The summed E-state index contributed by atoms with van der Waals surface area (Å²) >= 11 is 0. The van der Waals surface area contributed by atoms with E-state index in [4.69, 9.17) is 0 Å². The fourth-order valence-electron chi connectivity index (χ4n) is 14.0. The lowest BCUT2D eigenvalue weighted by molar-refractivity contribution is 0.660. The maximum Gasteiger partial charge on any atom is 0.113 e. The summed E-state index contributed by atoms with van der Waals surface area (Å²) in [5.41, 5.74) is 20.3. The molecule has 0 spiro atoms. The average molecular weight is 977 g/mol. The van der Waals surface area contributed by atoms with Crippen LogP contribution in [0.15, 0.2) is 231 Å². The van der Waals surface area contributed by atoms with E-state index >= 15 is 0 Å². The highest BCUT2D eigenvalue weighted by molar-refractivity contribution is 7.03. The van der Waals surface area contributed by atoms with Crippen molar-refractivity contribution in [1.82, 2.24) is 0 Å². The Morgan fingerprint density at radius 1 is 0.293 bits per heavy atom. The minimum atomic E-state index is -2.32. The first-order valence-corrected chi connectivity index (χ1v) is 29.7. The molecule has 0 saturated carbocycles. The van der Waals surface area contributed by atoms with E-state index in [-0.39, 0.29) is 10.8 Å². The van der Waals surface area contributed by atoms with Crippen molar-refractivity contribution in [1.29, 1.82) is 0 Å². The van der Waals surface area contributed by atoms with Gasteiger partial charge in [-0.05, 0) is 165 Å². The summed E-state index contributed by atoms with van der Waals surface area (Å²) in [5.74, 6) is 0. The van der Waals surface area contributed by atoms with E-state index in [1.54, 1.807) is 0 Å². The van der Waals surface area contributed by atoms with Gasteiger partial charge in [0.15, 0.2) is 0 Å². The topological polar surface area (TPSA) is 6.48 Å². The maximum atomic E-state index is 2.57. The third-order valence-electron chi connectivity index (χ3n) is 17.8. The standard InChI is InChI=1S/C72H56N2Si/c1-71(2)62-27-13-11-24-54(62)56-37-34-49(42-64(56)71)73(66-29-15-20-45-18-7-9-22-52(45)66)48-33-32-47-40-61-58-39-36-51(44-69(58)75(5,6)68-31-17-26-59(70(61)68)60(47)41-48)74(67-30-16-21-46-19-8-10-23-53(46)67)50-35-38-57-55-25-12-14-28-63(55)72(3,4)65(57)43-50/h7-44H,1-6H3. The number of benzene rings is 12. The maximum absolute atomic E-state index is 2.57. The molecule has 12 aromatic carbocycles. The first kappa shape index (κ1) is 44.0. The smallest absolute Gasteiger partial charge is 0.113 e. The zero-order valence-electron chi connectivity index (χ0n) is 43.3. The van der Waals surface area contributed by atoms with Crippen molar-refractivity contribution in [2.75, 3.05) is 9.80 Å². The third kappa shape index (κ3) is 6.25. The summed E-state index contributed by atoms with van der Waals surface area (Å²) in [6.45, 7) is 14.7. The summed E-state index contributed by atoms with van der Waals surface area (Å²) in [7, 11) is -2.32. The molecular weight excluding hydrogens is 921 g/mol. The lowest BCUT2D eigenvalue weighted by Crippen LogP contribution is -2.56. The third-order valence-corrected chi connectivity index (χ3v) is 21.3. The molecule has 0 amide bonds. The van der Waals surface area contributed by atoms with E-state index in [9.17, 15) is 0 Å². The van der Waals surface area contributed by atoms with Crippen molar-refractivity contribution in [2.24, 2.45) is 0 Å². The molecule has 12 aromatic rings. The van der Waals surface area contributed by atoms with Gasteiger partial charge in [0.1, 0.15) is 8.07 Å². The Bertz CT molecular complexity index is 4410. The van der Waals surface area contributed by atoms with Gasteiger partial charge >= 0.3 is 0 Å². The van der Waals surface area contributed by atoms with E-state index in [1.807, 2.05) is 0 Å². The van der Waals surface area contributed by atoms with Crippen LogP contribution in [0.1, 0.15) is 49.9 Å². The van der Waals surface area contributed by atoms with Gasteiger partial charge in [-0.15, -0.1) is 0 Å². The van der Waals surface area contributed by atoms with Crippen molar-refractivity contribution in [3.05, 3.63) is 253 Å². The number of fused-ring (bicyclic) bond motifs is 12. The van der Waals surface area contributed by atoms with Crippen LogP contribution in [0.2, 0.25) is 13.1 Å². The molecular formula is C72H56N2Si. The molecule has 15 rings (SSSR count). The number of rotatable bonds is 6. The van der Waals surface area contributed by atoms with Gasteiger partial charge in [0.05, 0.1) is 11.4 Å². The molecule has 358 valence electrons. The van der Waals surface area contributed by atoms with E-state index in [0.717, 1.165) is 11.4 Å². The van der Waals surface area contributed by atoms with E-state index in [2.05, 4.69) is 281 Å². The molecule has 3 heteroatoms. The fraction of sp³-hybridized carbons (Fsp3) is 0.111. The number of hydrogen-bond donors (Lipinski definition) is 0. The second kappa shape index (κ2) is 15.8. The molecule has 0 radical (unpaired) electrons. The normalized spacial score (nSPS) is 14.9. The molecule has 2 nitrogen and oxygen atoms in total. The Balaban J connectivity index is 0.905. The predicted octanol–water partition coefficient (Wildman–Crippen LogP) is 18.7. The summed E-state index contributed by atoms with van der Waals surface area (Å²) in [4.78, 5) is 5.04. The highest BCUT2D eigenvalue weighted by Crippen LogP contribution is 2.54. The summed E-state index contributed by atoms with van der Waals surface area (Å²) < 4.78 is 0. The lowest BCUT2D eigenvalue weighted by atomic mass is 9.82. The van der Waals surface area contributed by atoms with E-state index in [0.29, 0.717) is 0 Å². The average Bonchev–Trinajstić information content (AvgIpc) is 3.89. The van der Waals surface area contributed by atoms with Gasteiger partial charge in [-0.3, -0.25) is 0 Å². The zero-order chi connectivity index (χ0) is 50.5. The molecule has 0 fully saturated rings. The Kier molecular flexibility index (Phi) is 9.25. The molecule has 75 heavy (non-hydrogen) atoms. The molecule has 0 unspecified atom stereocenters. The SMILES string of the molecule is CC1(C)c2ccccc2-c2ccc(N(c3ccc4c(c3)[Si](C)(C)c3cccc5c3c-4cc3ccc(N(c4ccc6c(c4)C(C)(C)c4ccccc4-6)c4cccc6ccccc46)cc35)c3cccc4ccccc34)cc21. The van der Waals surface area contributed by atoms with Crippen LogP contribution in [0.5, 0.6) is 0 Å². The van der Waals surface area contributed by atoms with Crippen LogP contribution < -0.4 is 20.2 Å². The van der Waals surface area contributed by atoms with Gasteiger partial charge in [-0.25, -0.2) is 0 Å². The quantitative estimate of drug-likeness (QED) is 0.121. The molecule has 2 aliphatic carbocycles. The van der Waals surface area contributed by atoms with Crippen molar-refractivity contribution < 1.29 is 0 Å². The molecule has 0 aromatic heterocycles. The second-order valence-electron chi connectivity index (χ2n) is 22.9. The summed E-state index contributed by atoms with van der Waals surface area (Å²) in [6.07, 6.45) is 0. The van der Waals surface area contributed by atoms with E-state index in [1.165, 1.54) is 132 Å². The fourth-order valence-corrected chi connectivity index (χ4v) is 17.1. The van der Waals surface area contributed by atoms with Gasteiger partial charge in [0.25, 0.3) is 0 Å². The molecule has 3 aliphatic rings. The molecule has 0 saturated heterocycles. The van der Waals surface area contributed by atoms with Crippen molar-refractivity contribution in [3.63, 3.8) is 0 Å². The number of hydrogen-bond acceptors (Lipinski definition) is 2. The lowest BCUT2D eigenvalue weighted by Gasteiger charge is -2.36. The van der Waals surface area contributed by atoms with Crippen molar-refractivity contribution >= 4 is 95.7 Å². The highest BCUT2D eigenvalue weighted by atomic mass is 28.3. The predicted molar refractivity (Wildman–Crippen MR) is 323 cm³/mol. The Morgan fingerprint density at radius 2 is 0.733 bits per heavy atom. The Labute approximate surface area is 440 Å². The van der Waals surface area contributed by atoms with Gasteiger partial charge in [0, 0.05) is 44.4 Å². The van der Waals surface area contributed by atoms with Gasteiger partial charge in [-0.2, -0.15) is 0 Å². The Hall–Kier alpha value is -8.50. The minimum Gasteiger partial charge on any atom is -0.310 e. The molecule has 0 atom stereocenters. The minimum absolute atomic E-state index is 0.122. The molecule has 0 N–H and O–H groups in total. The largest absolute Gasteiger partial charge is 0.310 e. The first-order chi connectivity index (χ1) is 36.5. The van der Waals surface area contributed by atoms with Gasteiger partial charge < -0.3 is 9.80 Å². The van der Waals surface area contributed by atoms with Crippen LogP contribution in [-0.2, 0) is 10.8 Å². The second-order valence-corrected chi connectivity index (χ2v) is 27.2. The van der Waals surface area contributed by atoms with Crippen LogP contribution in [0.4, 0.5) is 34.1 Å². The van der Waals surface area contributed by atoms with Crippen LogP contribution in [0.3, 0.4) is 0 Å². The summed E-state index contributed by atoms with van der Waals surface area (Å²) in [5, 5.41) is 13.1. The number of nitrogens with zero attached hydrogens (tertiary/aromatic N) is 2. The van der Waals surface area contributed by atoms with Crippen LogP contribution in [0.25, 0.3) is 76.5 Å². The number of anilines is 6. The Morgan fingerprint density at radius 3 is 1.32 bits per heavy atom. The molecule has 0 bridgehead atoms. The van der Waals surface area contributed by atoms with Crippen LogP contribution in [0, 0.1) is 0 Å². The summed E-state index contributed by atoms with van der Waals surface area (Å²) in [6, 6.07) is 87.7. The van der Waals surface area contributed by atoms with Crippen molar-refractivity contribution in [3.8, 4) is 33.4 Å². The highest BCUT2D eigenvalue weighted by Gasteiger charge is 2.39. The zero-order valence-corrected chi connectivity index (χ0v) is 44.3. The van der Waals surface area contributed by atoms with Gasteiger partial charge in [0.2, 0.25) is 0 Å². The van der Waals surface area contributed by atoms with E-state index < -0.39 is 8.07 Å². The van der Waals surface area contributed by atoms with Crippen LogP contribution >= 0.6 is 0 Å². The molecule has 1 heterocycles. The first-order valence-electron chi connectivity index (χ1n) is 26.7. The monoisotopic (exact) mass is 976 g/mol. The van der Waals surface area contributed by atoms with Gasteiger partial charge in [-0.1, -0.05) is 205 Å². The van der Waals surface area contributed by atoms with Crippen LogP contribution in [-0.4, -0.2) is 8.07 Å². The van der Waals surface area contributed by atoms with Crippen molar-refractivity contribution in [2.45, 2.75) is 51.6 Å². The molecule has 1 aliphatic heterocycles.